The van der Waals surface area contributed by atoms with E-state index in [0.717, 1.165) is 30.7 Å². The van der Waals surface area contributed by atoms with Crippen LogP contribution in [-0.2, 0) is 4.79 Å². The van der Waals surface area contributed by atoms with Gasteiger partial charge in [0.05, 0.1) is 5.25 Å². The first kappa shape index (κ1) is 17.3. The van der Waals surface area contributed by atoms with Crippen LogP contribution in [0.3, 0.4) is 0 Å². The number of hydrogen-bond donors (Lipinski definition) is 1. The van der Waals surface area contributed by atoms with Gasteiger partial charge >= 0.3 is 0 Å². The third-order valence-corrected chi connectivity index (χ3v) is 5.75. The lowest BCUT2D eigenvalue weighted by Gasteiger charge is -2.35. The Labute approximate surface area is 135 Å². The van der Waals surface area contributed by atoms with Gasteiger partial charge in [0.15, 0.2) is 0 Å². The Morgan fingerprint density at radius 1 is 1.32 bits per heavy atom. The number of hydrogen-bond acceptors (Lipinski definition) is 2. The molecule has 0 aliphatic heterocycles. The second kappa shape index (κ2) is 7.44. The van der Waals surface area contributed by atoms with Gasteiger partial charge < -0.3 is 5.32 Å². The molecule has 0 heterocycles. The van der Waals surface area contributed by atoms with Crippen LogP contribution in [0.25, 0.3) is 0 Å². The van der Waals surface area contributed by atoms with Gasteiger partial charge in [0.25, 0.3) is 0 Å². The molecule has 1 amide bonds. The number of carbonyl (C=O) groups excluding carboxylic acids is 1. The Kier molecular flexibility index (Phi) is 5.84. The van der Waals surface area contributed by atoms with Crippen molar-refractivity contribution in [3.05, 3.63) is 29.8 Å². The zero-order chi connectivity index (χ0) is 16.3. The molecule has 1 aromatic rings. The SMILES string of the molecule is C[C@H]1[C@@H](NC(=O)[C@@H](C)Sc2ccc(F)cc2F)CCC[C@@H]1C. The van der Waals surface area contributed by atoms with E-state index in [4.69, 9.17) is 0 Å². The molecule has 1 aromatic carbocycles. The van der Waals surface area contributed by atoms with Gasteiger partial charge in [-0.15, -0.1) is 11.8 Å². The molecule has 5 heteroatoms. The lowest BCUT2D eigenvalue weighted by molar-refractivity contribution is -0.121. The summed E-state index contributed by atoms with van der Waals surface area (Å²) < 4.78 is 26.6. The topological polar surface area (TPSA) is 29.1 Å². The van der Waals surface area contributed by atoms with E-state index in [1.165, 1.54) is 18.6 Å². The van der Waals surface area contributed by atoms with Crippen LogP contribution in [0.4, 0.5) is 8.78 Å². The fraction of sp³-hybridized carbons (Fsp3) is 0.588. The average molecular weight is 327 g/mol. The largest absolute Gasteiger partial charge is 0.352 e. The fourth-order valence-electron chi connectivity index (χ4n) is 2.90. The van der Waals surface area contributed by atoms with E-state index >= 15 is 0 Å². The van der Waals surface area contributed by atoms with Gasteiger partial charge in [-0.3, -0.25) is 4.79 Å². The molecule has 22 heavy (non-hydrogen) atoms. The van der Waals surface area contributed by atoms with Crippen molar-refractivity contribution in [1.82, 2.24) is 5.32 Å². The van der Waals surface area contributed by atoms with Gasteiger partial charge in [0.1, 0.15) is 11.6 Å². The molecule has 0 radical (unpaired) electrons. The Morgan fingerprint density at radius 2 is 2.05 bits per heavy atom. The van der Waals surface area contributed by atoms with Crippen molar-refractivity contribution in [3.63, 3.8) is 0 Å². The molecule has 2 rings (SSSR count). The van der Waals surface area contributed by atoms with Crippen molar-refractivity contribution in [1.29, 1.82) is 0 Å². The molecule has 0 saturated heterocycles. The number of rotatable bonds is 4. The molecule has 0 unspecified atom stereocenters. The summed E-state index contributed by atoms with van der Waals surface area (Å²) in [5.74, 6) is -0.248. The van der Waals surface area contributed by atoms with E-state index in [1.807, 2.05) is 0 Å². The smallest absolute Gasteiger partial charge is 0.233 e. The van der Waals surface area contributed by atoms with Crippen LogP contribution in [0.5, 0.6) is 0 Å². The normalized spacial score (nSPS) is 26.5. The highest BCUT2D eigenvalue weighted by molar-refractivity contribution is 8.00. The third-order valence-electron chi connectivity index (χ3n) is 4.60. The molecule has 1 aliphatic carbocycles. The lowest BCUT2D eigenvalue weighted by Crippen LogP contribution is -2.46. The first-order valence-electron chi connectivity index (χ1n) is 7.80. The summed E-state index contributed by atoms with van der Waals surface area (Å²) >= 11 is 1.12. The van der Waals surface area contributed by atoms with Crippen LogP contribution >= 0.6 is 11.8 Å². The standard InChI is InChI=1S/C17H23F2NOS/c1-10-5-4-6-15(11(10)2)20-17(21)12(3)22-16-8-7-13(18)9-14(16)19/h7-12,15H,4-6H2,1-3H3,(H,20,21)/t10-,11+,12+,15-/m0/s1. The molecule has 1 saturated carbocycles. The van der Waals surface area contributed by atoms with Crippen molar-refractivity contribution >= 4 is 17.7 Å². The van der Waals surface area contributed by atoms with Crippen molar-refractivity contribution in [2.24, 2.45) is 11.8 Å². The molecule has 122 valence electrons. The second-order valence-electron chi connectivity index (χ2n) is 6.22. The second-order valence-corrected chi connectivity index (χ2v) is 7.60. The molecular weight excluding hydrogens is 304 g/mol. The van der Waals surface area contributed by atoms with Crippen LogP contribution in [0.2, 0.25) is 0 Å². The summed E-state index contributed by atoms with van der Waals surface area (Å²) in [6.45, 7) is 6.14. The Balaban J connectivity index is 1.94. The van der Waals surface area contributed by atoms with Crippen LogP contribution in [-0.4, -0.2) is 17.2 Å². The number of carbonyl (C=O) groups is 1. The number of thioether (sulfide) groups is 1. The zero-order valence-corrected chi connectivity index (χ0v) is 14.1. The summed E-state index contributed by atoms with van der Waals surface area (Å²) in [4.78, 5) is 12.6. The Bertz CT molecular complexity index is 537. The van der Waals surface area contributed by atoms with Crippen LogP contribution in [0.1, 0.15) is 40.0 Å². The predicted molar refractivity (Wildman–Crippen MR) is 85.8 cm³/mol. The van der Waals surface area contributed by atoms with E-state index in [1.54, 1.807) is 6.92 Å². The number of benzene rings is 1. The summed E-state index contributed by atoms with van der Waals surface area (Å²) in [6.07, 6.45) is 3.34. The van der Waals surface area contributed by atoms with Gasteiger partial charge in [-0.25, -0.2) is 8.78 Å². The highest BCUT2D eigenvalue weighted by Crippen LogP contribution is 2.31. The zero-order valence-electron chi connectivity index (χ0n) is 13.2. The molecule has 1 fully saturated rings. The van der Waals surface area contributed by atoms with Gasteiger partial charge in [0, 0.05) is 17.0 Å². The van der Waals surface area contributed by atoms with E-state index < -0.39 is 16.9 Å². The molecular formula is C17H23F2NOS. The van der Waals surface area contributed by atoms with Crippen LogP contribution in [0, 0.1) is 23.5 Å². The Hall–Kier alpha value is -1.10. The minimum Gasteiger partial charge on any atom is -0.352 e. The van der Waals surface area contributed by atoms with Gasteiger partial charge in [0.2, 0.25) is 5.91 Å². The molecule has 1 N–H and O–H groups in total. The number of nitrogens with one attached hydrogen (secondary N) is 1. The summed E-state index contributed by atoms with van der Waals surface area (Å²) in [5.41, 5.74) is 0. The number of amides is 1. The van der Waals surface area contributed by atoms with E-state index in [-0.39, 0.29) is 11.9 Å². The highest BCUT2D eigenvalue weighted by atomic mass is 32.2. The maximum atomic E-state index is 13.7. The first-order valence-corrected chi connectivity index (χ1v) is 8.68. The van der Waals surface area contributed by atoms with Crippen LogP contribution in [0.15, 0.2) is 23.1 Å². The minimum absolute atomic E-state index is 0.0836. The monoisotopic (exact) mass is 327 g/mol. The van der Waals surface area contributed by atoms with Crippen molar-refractivity contribution < 1.29 is 13.6 Å². The minimum atomic E-state index is -0.621. The van der Waals surface area contributed by atoms with Crippen molar-refractivity contribution in [2.45, 2.75) is 56.2 Å². The summed E-state index contributed by atoms with van der Waals surface area (Å²) in [7, 11) is 0. The Morgan fingerprint density at radius 3 is 2.73 bits per heavy atom. The summed E-state index contributed by atoms with van der Waals surface area (Å²) in [5, 5.41) is 2.68. The van der Waals surface area contributed by atoms with E-state index in [2.05, 4.69) is 19.2 Å². The lowest BCUT2D eigenvalue weighted by atomic mass is 9.78. The van der Waals surface area contributed by atoms with Crippen molar-refractivity contribution in [3.8, 4) is 0 Å². The maximum Gasteiger partial charge on any atom is 0.233 e. The van der Waals surface area contributed by atoms with Gasteiger partial charge in [-0.05, 0) is 37.3 Å². The molecule has 2 nitrogen and oxygen atoms in total. The number of halogens is 2. The quantitative estimate of drug-likeness (QED) is 0.831. The highest BCUT2D eigenvalue weighted by Gasteiger charge is 2.29. The molecule has 0 aromatic heterocycles. The molecule has 4 atom stereocenters. The molecule has 1 aliphatic rings. The predicted octanol–water partition coefficient (Wildman–Crippen LogP) is 4.39. The summed E-state index contributed by atoms with van der Waals surface area (Å²) in [6, 6.07) is 3.63. The van der Waals surface area contributed by atoms with Crippen LogP contribution < -0.4 is 5.32 Å². The average Bonchev–Trinajstić information content (AvgIpc) is 2.46. The van der Waals surface area contributed by atoms with Gasteiger partial charge in [-0.1, -0.05) is 26.7 Å². The molecule has 0 bridgehead atoms. The van der Waals surface area contributed by atoms with E-state index in [0.29, 0.717) is 16.7 Å². The maximum absolute atomic E-state index is 13.7. The van der Waals surface area contributed by atoms with Crippen molar-refractivity contribution in [2.75, 3.05) is 0 Å². The van der Waals surface area contributed by atoms with Gasteiger partial charge in [-0.2, -0.15) is 0 Å². The van der Waals surface area contributed by atoms with E-state index in [9.17, 15) is 13.6 Å². The fourth-order valence-corrected chi connectivity index (χ4v) is 3.77. The molecule has 0 spiro atoms. The third kappa shape index (κ3) is 4.22. The first-order chi connectivity index (χ1) is 10.4.